The van der Waals surface area contributed by atoms with Crippen molar-refractivity contribution in [3.63, 3.8) is 0 Å². The summed E-state index contributed by atoms with van der Waals surface area (Å²) in [4.78, 5) is 17.7. The second-order valence-electron chi connectivity index (χ2n) is 5.97. The van der Waals surface area contributed by atoms with Crippen LogP contribution in [0.25, 0.3) is 0 Å². The first-order valence-corrected chi connectivity index (χ1v) is 8.48. The lowest BCUT2D eigenvalue weighted by molar-refractivity contribution is 0.0963. The molecule has 1 aromatic rings. The molecular weight excluding hydrogens is 308 g/mol. The number of aryl methyl sites for hydroxylation is 2. The van der Waals surface area contributed by atoms with Gasteiger partial charge in [0.2, 0.25) is 0 Å². The topological polar surface area (TPSA) is 79.1 Å². The number of guanidine groups is 1. The number of furan rings is 1. The number of carbonyl (C=O) groups excluding carboxylic acids is 1. The van der Waals surface area contributed by atoms with Gasteiger partial charge in [-0.15, -0.1) is 0 Å². The molecule has 134 valence electrons. The average Bonchev–Trinajstić information content (AvgIpc) is 2.89. The summed E-state index contributed by atoms with van der Waals surface area (Å²) in [6.45, 7) is 8.23. The molecule has 1 aliphatic rings. The maximum absolute atomic E-state index is 11.7. The summed E-state index contributed by atoms with van der Waals surface area (Å²) in [5, 5.41) is 6.74. The van der Waals surface area contributed by atoms with Crippen LogP contribution >= 0.6 is 0 Å². The van der Waals surface area contributed by atoms with E-state index in [1.807, 2.05) is 26.8 Å². The Labute approximate surface area is 143 Å². The predicted octanol–water partition coefficient (Wildman–Crippen LogP) is 2.18. The van der Waals surface area contributed by atoms with E-state index in [0.29, 0.717) is 32.3 Å². The summed E-state index contributed by atoms with van der Waals surface area (Å²) in [5.74, 6) is 2.61. The second-order valence-corrected chi connectivity index (χ2v) is 5.97. The highest BCUT2D eigenvalue weighted by Crippen LogP contribution is 2.14. The molecule has 0 saturated carbocycles. The van der Waals surface area contributed by atoms with Gasteiger partial charge in [-0.3, -0.25) is 4.99 Å². The first kappa shape index (κ1) is 18.2. The van der Waals surface area contributed by atoms with E-state index >= 15 is 0 Å². The van der Waals surface area contributed by atoms with Crippen LogP contribution in [0.5, 0.6) is 0 Å². The Morgan fingerprint density at radius 1 is 1.42 bits per heavy atom. The van der Waals surface area contributed by atoms with Crippen LogP contribution < -0.4 is 10.6 Å². The maximum Gasteiger partial charge on any atom is 0.409 e. The van der Waals surface area contributed by atoms with Gasteiger partial charge in [-0.05, 0) is 39.7 Å². The Morgan fingerprint density at radius 3 is 2.67 bits per heavy atom. The number of nitrogens with zero attached hydrogens (tertiary/aromatic N) is 2. The lowest BCUT2D eigenvalue weighted by Gasteiger charge is -2.32. The van der Waals surface area contributed by atoms with E-state index in [0.717, 1.165) is 35.9 Å². The summed E-state index contributed by atoms with van der Waals surface area (Å²) >= 11 is 0. The first-order valence-electron chi connectivity index (χ1n) is 8.48. The van der Waals surface area contributed by atoms with Crippen molar-refractivity contribution in [1.29, 1.82) is 0 Å². The van der Waals surface area contributed by atoms with Crippen LogP contribution in [0.4, 0.5) is 4.79 Å². The molecule has 0 bridgehead atoms. The van der Waals surface area contributed by atoms with Gasteiger partial charge in [0.1, 0.15) is 11.5 Å². The number of carbonyl (C=O) groups is 1. The van der Waals surface area contributed by atoms with Crippen LogP contribution in [0.15, 0.2) is 15.5 Å². The fourth-order valence-corrected chi connectivity index (χ4v) is 2.85. The molecule has 7 nitrogen and oxygen atoms in total. The molecule has 0 aliphatic carbocycles. The Bertz CT molecular complexity index is 574. The number of hydrogen-bond acceptors (Lipinski definition) is 4. The predicted molar refractivity (Wildman–Crippen MR) is 93.1 cm³/mol. The van der Waals surface area contributed by atoms with Crippen molar-refractivity contribution >= 4 is 12.1 Å². The second kappa shape index (κ2) is 8.61. The number of ether oxygens (including phenoxy) is 1. The van der Waals surface area contributed by atoms with E-state index in [1.54, 1.807) is 11.9 Å². The molecule has 0 aromatic carbocycles. The highest BCUT2D eigenvalue weighted by molar-refractivity contribution is 5.80. The van der Waals surface area contributed by atoms with Gasteiger partial charge in [0.25, 0.3) is 0 Å². The number of amides is 1. The molecule has 0 radical (unpaired) electrons. The van der Waals surface area contributed by atoms with Gasteiger partial charge in [0.15, 0.2) is 5.96 Å². The highest BCUT2D eigenvalue weighted by atomic mass is 16.6. The monoisotopic (exact) mass is 336 g/mol. The first-order chi connectivity index (χ1) is 11.5. The van der Waals surface area contributed by atoms with Crippen LogP contribution in [0, 0.1) is 13.8 Å². The third kappa shape index (κ3) is 4.91. The molecule has 0 spiro atoms. The van der Waals surface area contributed by atoms with Gasteiger partial charge >= 0.3 is 6.09 Å². The molecular formula is C17H28N4O3. The molecule has 2 N–H and O–H groups in total. The minimum atomic E-state index is -0.218. The van der Waals surface area contributed by atoms with Crippen LogP contribution in [-0.2, 0) is 11.3 Å². The molecule has 1 aliphatic heterocycles. The summed E-state index contributed by atoms with van der Waals surface area (Å²) in [6.07, 6.45) is 1.54. The number of rotatable bonds is 4. The Hall–Kier alpha value is -2.18. The van der Waals surface area contributed by atoms with E-state index < -0.39 is 0 Å². The SMILES string of the molecule is CCOC(=O)N1CCC(NC(=NC)NCc2cc(C)oc2C)CC1. The molecule has 7 heteroatoms. The van der Waals surface area contributed by atoms with Gasteiger partial charge < -0.3 is 24.7 Å². The Kier molecular flexibility index (Phi) is 6.52. The van der Waals surface area contributed by atoms with Gasteiger partial charge in [-0.2, -0.15) is 0 Å². The van der Waals surface area contributed by atoms with Crippen LogP contribution in [-0.4, -0.2) is 49.7 Å². The fourth-order valence-electron chi connectivity index (χ4n) is 2.85. The Morgan fingerprint density at radius 2 is 2.12 bits per heavy atom. The molecule has 24 heavy (non-hydrogen) atoms. The van der Waals surface area contributed by atoms with Crippen molar-refractivity contribution in [1.82, 2.24) is 15.5 Å². The van der Waals surface area contributed by atoms with E-state index in [-0.39, 0.29) is 6.09 Å². The molecule has 0 unspecified atom stereocenters. The number of aliphatic imine (C=N–C) groups is 1. The molecule has 1 saturated heterocycles. The normalized spacial score (nSPS) is 16.2. The average molecular weight is 336 g/mol. The van der Waals surface area contributed by atoms with Crippen molar-refractivity contribution < 1.29 is 13.9 Å². The van der Waals surface area contributed by atoms with E-state index in [2.05, 4.69) is 15.6 Å². The lowest BCUT2D eigenvalue weighted by atomic mass is 10.1. The van der Waals surface area contributed by atoms with E-state index in [1.165, 1.54) is 0 Å². The zero-order valence-corrected chi connectivity index (χ0v) is 15.0. The minimum Gasteiger partial charge on any atom is -0.466 e. The van der Waals surface area contributed by atoms with Crippen molar-refractivity contribution in [2.24, 2.45) is 4.99 Å². The van der Waals surface area contributed by atoms with Gasteiger partial charge in [0, 0.05) is 38.3 Å². The third-order valence-electron chi connectivity index (χ3n) is 4.18. The molecule has 2 rings (SSSR count). The smallest absolute Gasteiger partial charge is 0.409 e. The molecule has 2 heterocycles. The number of piperidine rings is 1. The van der Waals surface area contributed by atoms with Crippen LogP contribution in [0.1, 0.15) is 36.8 Å². The van der Waals surface area contributed by atoms with Crippen molar-refractivity contribution in [2.75, 3.05) is 26.7 Å². The summed E-state index contributed by atoms with van der Waals surface area (Å²) in [6, 6.07) is 2.34. The lowest BCUT2D eigenvalue weighted by Crippen LogP contribution is -2.49. The number of hydrogen-bond donors (Lipinski definition) is 2. The van der Waals surface area contributed by atoms with E-state index in [9.17, 15) is 4.79 Å². The van der Waals surface area contributed by atoms with Crippen molar-refractivity contribution in [3.8, 4) is 0 Å². The standard InChI is InChI=1S/C17H28N4O3/c1-5-23-17(22)21-8-6-15(7-9-21)20-16(18-4)19-11-14-10-12(2)24-13(14)3/h10,15H,5-9,11H2,1-4H3,(H2,18,19,20). The van der Waals surface area contributed by atoms with Gasteiger partial charge in [-0.25, -0.2) is 4.79 Å². The van der Waals surface area contributed by atoms with Crippen LogP contribution in [0.2, 0.25) is 0 Å². The van der Waals surface area contributed by atoms with Crippen molar-refractivity contribution in [2.45, 2.75) is 46.2 Å². The quantitative estimate of drug-likeness (QED) is 0.651. The van der Waals surface area contributed by atoms with E-state index in [4.69, 9.17) is 9.15 Å². The number of likely N-dealkylation sites (tertiary alicyclic amines) is 1. The van der Waals surface area contributed by atoms with Gasteiger partial charge in [0.05, 0.1) is 6.61 Å². The summed E-state index contributed by atoms with van der Waals surface area (Å²) < 4.78 is 10.6. The molecule has 1 aromatic heterocycles. The third-order valence-corrected chi connectivity index (χ3v) is 4.18. The summed E-state index contributed by atoms with van der Waals surface area (Å²) in [5.41, 5.74) is 1.13. The summed E-state index contributed by atoms with van der Waals surface area (Å²) in [7, 11) is 1.76. The Balaban J connectivity index is 1.78. The zero-order chi connectivity index (χ0) is 17.5. The molecule has 0 atom stereocenters. The molecule has 1 amide bonds. The highest BCUT2D eigenvalue weighted by Gasteiger charge is 2.24. The van der Waals surface area contributed by atoms with Gasteiger partial charge in [-0.1, -0.05) is 0 Å². The fraction of sp³-hybridized carbons (Fsp3) is 0.647. The van der Waals surface area contributed by atoms with Crippen LogP contribution in [0.3, 0.4) is 0 Å². The maximum atomic E-state index is 11.7. The largest absolute Gasteiger partial charge is 0.466 e. The minimum absolute atomic E-state index is 0.218. The zero-order valence-electron chi connectivity index (χ0n) is 15.0. The number of nitrogens with one attached hydrogen (secondary N) is 2. The molecule has 1 fully saturated rings. The van der Waals surface area contributed by atoms with Crippen molar-refractivity contribution in [3.05, 3.63) is 23.2 Å².